The van der Waals surface area contributed by atoms with Crippen LogP contribution in [0.5, 0.6) is 0 Å². The molecule has 138 valence electrons. The molecule has 2 aromatic heterocycles. The zero-order valence-corrected chi connectivity index (χ0v) is 14.9. The molecule has 0 radical (unpaired) electrons. The smallest absolute Gasteiger partial charge is 0.246 e. The highest BCUT2D eigenvalue weighted by Crippen LogP contribution is 2.10. The second-order valence-electron chi connectivity index (χ2n) is 5.95. The lowest BCUT2D eigenvalue weighted by Gasteiger charge is -2.14. The van der Waals surface area contributed by atoms with Gasteiger partial charge in [-0.1, -0.05) is 12.1 Å². The molecule has 0 aliphatic carbocycles. The van der Waals surface area contributed by atoms with Crippen LogP contribution in [0.15, 0.2) is 71.9 Å². The average molecular weight is 364 g/mol. The van der Waals surface area contributed by atoms with Crippen LogP contribution < -0.4 is 5.32 Å². The van der Waals surface area contributed by atoms with Gasteiger partial charge >= 0.3 is 0 Å². The fraction of sp³-hybridized carbons (Fsp3) is 0.150. The molecule has 0 spiro atoms. The van der Waals surface area contributed by atoms with Crippen LogP contribution in [0.1, 0.15) is 11.3 Å². The molecule has 0 aliphatic rings. The standard InChI is InChI=1S/C20H20N4O3/c1-23(14-19(25)22-13-18-3-2-12-27-18)20(26)9-6-16-4-7-17(8-5-16)24-11-10-21-15-24/h2-12,15H,13-14H2,1H3,(H,22,25)/b9-6+. The van der Waals surface area contributed by atoms with E-state index < -0.39 is 0 Å². The van der Waals surface area contributed by atoms with Gasteiger partial charge in [-0.25, -0.2) is 4.98 Å². The molecule has 0 fully saturated rings. The summed E-state index contributed by atoms with van der Waals surface area (Å²) >= 11 is 0. The van der Waals surface area contributed by atoms with E-state index in [9.17, 15) is 9.59 Å². The van der Waals surface area contributed by atoms with Crippen molar-refractivity contribution in [1.82, 2.24) is 19.8 Å². The summed E-state index contributed by atoms with van der Waals surface area (Å²) in [5, 5.41) is 2.71. The van der Waals surface area contributed by atoms with E-state index in [-0.39, 0.29) is 18.4 Å². The Morgan fingerprint density at radius 3 is 2.74 bits per heavy atom. The van der Waals surface area contributed by atoms with Crippen molar-refractivity contribution in [3.63, 3.8) is 0 Å². The summed E-state index contributed by atoms with van der Waals surface area (Å²) < 4.78 is 7.04. The number of nitrogens with one attached hydrogen (secondary N) is 1. The third-order valence-corrected chi connectivity index (χ3v) is 3.91. The molecule has 1 aromatic carbocycles. The first-order valence-corrected chi connectivity index (χ1v) is 8.42. The highest BCUT2D eigenvalue weighted by atomic mass is 16.3. The van der Waals surface area contributed by atoms with Crippen molar-refractivity contribution in [3.05, 3.63) is 78.8 Å². The Bertz CT molecular complexity index is 897. The van der Waals surface area contributed by atoms with Crippen LogP contribution in [0.3, 0.4) is 0 Å². The first-order chi connectivity index (χ1) is 13.1. The van der Waals surface area contributed by atoms with E-state index in [2.05, 4.69) is 10.3 Å². The van der Waals surface area contributed by atoms with E-state index in [4.69, 9.17) is 4.42 Å². The summed E-state index contributed by atoms with van der Waals surface area (Å²) in [5.41, 5.74) is 1.88. The number of likely N-dealkylation sites (N-methyl/N-ethyl adjacent to an activating group) is 1. The molecule has 2 amide bonds. The number of rotatable bonds is 7. The van der Waals surface area contributed by atoms with Gasteiger partial charge in [0, 0.05) is 31.2 Å². The Labute approximate surface area is 156 Å². The zero-order valence-electron chi connectivity index (χ0n) is 14.9. The van der Waals surface area contributed by atoms with Gasteiger partial charge in [-0.05, 0) is 35.9 Å². The third kappa shape index (κ3) is 5.18. The fourth-order valence-electron chi connectivity index (χ4n) is 2.41. The van der Waals surface area contributed by atoms with Gasteiger partial charge in [0.2, 0.25) is 11.8 Å². The molecule has 1 N–H and O–H groups in total. The normalized spacial score (nSPS) is 10.9. The molecule has 27 heavy (non-hydrogen) atoms. The Hall–Kier alpha value is -3.61. The van der Waals surface area contributed by atoms with Gasteiger partial charge in [0.1, 0.15) is 5.76 Å². The highest BCUT2D eigenvalue weighted by Gasteiger charge is 2.10. The van der Waals surface area contributed by atoms with E-state index in [0.717, 1.165) is 11.3 Å². The second-order valence-corrected chi connectivity index (χ2v) is 5.95. The topological polar surface area (TPSA) is 80.4 Å². The van der Waals surface area contributed by atoms with Gasteiger partial charge in [0.05, 0.1) is 25.7 Å². The predicted molar refractivity (Wildman–Crippen MR) is 101 cm³/mol. The molecule has 0 atom stereocenters. The SMILES string of the molecule is CN(CC(=O)NCc1ccco1)C(=O)/C=C/c1ccc(-n2ccnc2)cc1. The number of aromatic nitrogens is 2. The zero-order chi connectivity index (χ0) is 19.1. The van der Waals surface area contributed by atoms with Crippen LogP contribution >= 0.6 is 0 Å². The van der Waals surface area contributed by atoms with Gasteiger partial charge in [-0.2, -0.15) is 0 Å². The van der Waals surface area contributed by atoms with Gasteiger partial charge in [0.15, 0.2) is 0 Å². The minimum Gasteiger partial charge on any atom is -0.467 e. The second kappa shape index (κ2) is 8.66. The number of carbonyl (C=O) groups is 2. The maximum Gasteiger partial charge on any atom is 0.246 e. The monoisotopic (exact) mass is 364 g/mol. The van der Waals surface area contributed by atoms with Crippen LogP contribution in [-0.4, -0.2) is 39.9 Å². The van der Waals surface area contributed by atoms with Crippen molar-refractivity contribution in [3.8, 4) is 5.69 Å². The van der Waals surface area contributed by atoms with E-state index in [0.29, 0.717) is 12.3 Å². The Balaban J connectivity index is 1.49. The molecule has 0 unspecified atom stereocenters. The summed E-state index contributed by atoms with van der Waals surface area (Å²) in [7, 11) is 1.58. The van der Waals surface area contributed by atoms with Gasteiger partial charge < -0.3 is 19.2 Å². The lowest BCUT2D eigenvalue weighted by Crippen LogP contribution is -2.37. The number of furan rings is 1. The molecule has 3 rings (SSSR count). The van der Waals surface area contributed by atoms with Crippen molar-refractivity contribution in [2.24, 2.45) is 0 Å². The van der Waals surface area contributed by atoms with Crippen molar-refractivity contribution in [1.29, 1.82) is 0 Å². The van der Waals surface area contributed by atoms with Crippen LogP contribution in [0.2, 0.25) is 0 Å². The summed E-state index contributed by atoms with van der Waals surface area (Å²) in [6, 6.07) is 11.2. The summed E-state index contributed by atoms with van der Waals surface area (Å²) in [6.45, 7) is 0.274. The number of nitrogens with zero attached hydrogens (tertiary/aromatic N) is 3. The van der Waals surface area contributed by atoms with Crippen LogP contribution in [0, 0.1) is 0 Å². The number of carbonyl (C=O) groups excluding carboxylic acids is 2. The van der Waals surface area contributed by atoms with Crippen molar-refractivity contribution in [2.75, 3.05) is 13.6 Å². The number of hydrogen-bond donors (Lipinski definition) is 1. The van der Waals surface area contributed by atoms with E-state index in [1.807, 2.05) is 35.0 Å². The number of benzene rings is 1. The Morgan fingerprint density at radius 1 is 1.26 bits per heavy atom. The molecular weight excluding hydrogens is 344 g/mol. The lowest BCUT2D eigenvalue weighted by atomic mass is 10.2. The van der Waals surface area contributed by atoms with Crippen molar-refractivity contribution < 1.29 is 14.0 Å². The highest BCUT2D eigenvalue weighted by molar-refractivity contribution is 5.94. The average Bonchev–Trinajstić information content (AvgIpc) is 3.38. The van der Waals surface area contributed by atoms with Gasteiger partial charge in [0.25, 0.3) is 0 Å². The van der Waals surface area contributed by atoms with Gasteiger partial charge in [-0.15, -0.1) is 0 Å². The van der Waals surface area contributed by atoms with Crippen LogP contribution in [-0.2, 0) is 16.1 Å². The van der Waals surface area contributed by atoms with Crippen molar-refractivity contribution in [2.45, 2.75) is 6.54 Å². The van der Waals surface area contributed by atoms with Gasteiger partial charge in [-0.3, -0.25) is 9.59 Å². The van der Waals surface area contributed by atoms with Crippen LogP contribution in [0.25, 0.3) is 11.8 Å². The van der Waals surface area contributed by atoms with E-state index in [1.165, 1.54) is 11.0 Å². The molecule has 0 aliphatic heterocycles. The molecule has 0 saturated carbocycles. The van der Waals surface area contributed by atoms with E-state index in [1.54, 1.807) is 44.0 Å². The third-order valence-electron chi connectivity index (χ3n) is 3.91. The molecule has 3 aromatic rings. The summed E-state index contributed by atoms with van der Waals surface area (Å²) in [4.78, 5) is 29.4. The lowest BCUT2D eigenvalue weighted by molar-refractivity contribution is -0.131. The van der Waals surface area contributed by atoms with Crippen LogP contribution in [0.4, 0.5) is 0 Å². The summed E-state index contributed by atoms with van der Waals surface area (Å²) in [5.74, 6) is 0.165. The number of imidazole rings is 1. The maximum atomic E-state index is 12.2. The molecule has 2 heterocycles. The quantitative estimate of drug-likeness (QED) is 0.652. The molecule has 7 nitrogen and oxygen atoms in total. The maximum absolute atomic E-state index is 12.2. The molecule has 0 bridgehead atoms. The summed E-state index contributed by atoms with van der Waals surface area (Å²) in [6.07, 6.45) is 10.0. The largest absolute Gasteiger partial charge is 0.467 e. The number of amides is 2. The predicted octanol–water partition coefficient (Wildman–Crippen LogP) is 2.25. The Morgan fingerprint density at radius 2 is 2.07 bits per heavy atom. The first-order valence-electron chi connectivity index (χ1n) is 8.42. The fourth-order valence-corrected chi connectivity index (χ4v) is 2.41. The molecule has 7 heteroatoms. The Kier molecular flexibility index (Phi) is 5.84. The van der Waals surface area contributed by atoms with Crippen molar-refractivity contribution >= 4 is 17.9 Å². The first kappa shape index (κ1) is 18.2. The van der Waals surface area contributed by atoms with E-state index >= 15 is 0 Å². The molecular formula is C20H20N4O3. The minimum atomic E-state index is -0.250. The minimum absolute atomic E-state index is 0.0244. The molecule has 0 saturated heterocycles. The number of hydrogen-bond acceptors (Lipinski definition) is 4.